The van der Waals surface area contributed by atoms with E-state index in [2.05, 4.69) is 51.1 Å². The first-order valence-electron chi connectivity index (χ1n) is 12.7. The van der Waals surface area contributed by atoms with Gasteiger partial charge in [-0.05, 0) is 89.9 Å². The fraction of sp³-hybridized carbons (Fsp3) is 0.519. The molecule has 1 saturated heterocycles. The Morgan fingerprint density at radius 1 is 1.11 bits per heavy atom. The summed E-state index contributed by atoms with van der Waals surface area (Å²) in [6.07, 6.45) is 6.15. The first-order valence-corrected chi connectivity index (χ1v) is 13.6. The minimum atomic E-state index is 0.143. The molecule has 0 N–H and O–H groups in total. The van der Waals surface area contributed by atoms with Gasteiger partial charge in [0.2, 0.25) is 0 Å². The maximum absolute atomic E-state index is 13.3. The van der Waals surface area contributed by atoms with Crippen molar-refractivity contribution in [3.8, 4) is 11.4 Å². The normalized spacial score (nSPS) is 17.5. The number of hydrogen-bond acceptors (Lipinski definition) is 6. The van der Waals surface area contributed by atoms with Gasteiger partial charge in [0, 0.05) is 28.7 Å². The standard InChI is InChI=1S/C27H35N5O2S/c1-18-16-24(19(2)31(18)21-8-9-21)25(33)17-35-27-29-28-26(20(3)30-14-6-5-7-15-30)32(27)22-10-12-23(34-4)13-11-22/h10-13,16,20-21H,5-9,14-15,17H2,1-4H3/t20-/m1/s1. The van der Waals surface area contributed by atoms with E-state index in [1.54, 1.807) is 7.11 Å². The van der Waals surface area contributed by atoms with Gasteiger partial charge in [0.25, 0.3) is 0 Å². The zero-order valence-electron chi connectivity index (χ0n) is 21.2. The fourth-order valence-corrected chi connectivity index (χ4v) is 6.09. The summed E-state index contributed by atoms with van der Waals surface area (Å²) in [5.74, 6) is 2.20. The van der Waals surface area contributed by atoms with Crippen LogP contribution in [0.2, 0.25) is 0 Å². The van der Waals surface area contributed by atoms with Crippen LogP contribution in [0.4, 0.5) is 0 Å². The second-order valence-corrected chi connectivity index (χ2v) is 10.7. The summed E-state index contributed by atoms with van der Waals surface area (Å²) in [6.45, 7) is 8.54. The third-order valence-electron chi connectivity index (χ3n) is 7.33. The van der Waals surface area contributed by atoms with E-state index in [1.807, 2.05) is 24.3 Å². The van der Waals surface area contributed by atoms with Gasteiger partial charge in [-0.3, -0.25) is 14.3 Å². The molecule has 3 aromatic rings. The van der Waals surface area contributed by atoms with Crippen molar-refractivity contribution in [2.45, 2.75) is 70.1 Å². The van der Waals surface area contributed by atoms with Gasteiger partial charge >= 0.3 is 0 Å². The highest BCUT2D eigenvalue weighted by atomic mass is 32.2. The molecular formula is C27H35N5O2S. The third-order valence-corrected chi connectivity index (χ3v) is 8.26. The van der Waals surface area contributed by atoms with Crippen molar-refractivity contribution in [1.82, 2.24) is 24.2 Å². The number of carbonyl (C=O) groups is 1. The third kappa shape index (κ3) is 4.91. The lowest BCUT2D eigenvalue weighted by molar-refractivity contribution is 0.102. The largest absolute Gasteiger partial charge is 0.497 e. The van der Waals surface area contributed by atoms with E-state index in [4.69, 9.17) is 4.74 Å². The number of benzene rings is 1. The summed E-state index contributed by atoms with van der Waals surface area (Å²) in [7, 11) is 1.67. The second-order valence-electron chi connectivity index (χ2n) is 9.74. The molecule has 5 rings (SSSR count). The number of carbonyl (C=O) groups excluding carboxylic acids is 1. The SMILES string of the molecule is COc1ccc(-n2c(SCC(=O)c3cc(C)n(C4CC4)c3C)nnc2[C@@H](C)N2CCCCC2)cc1. The van der Waals surface area contributed by atoms with Crippen LogP contribution in [0.1, 0.15) is 78.7 Å². The number of hydrogen-bond donors (Lipinski definition) is 0. The minimum Gasteiger partial charge on any atom is -0.497 e. The molecule has 3 heterocycles. The van der Waals surface area contributed by atoms with Gasteiger partial charge < -0.3 is 9.30 Å². The monoisotopic (exact) mass is 493 g/mol. The van der Waals surface area contributed by atoms with E-state index in [1.165, 1.54) is 49.6 Å². The minimum absolute atomic E-state index is 0.143. The van der Waals surface area contributed by atoms with E-state index >= 15 is 0 Å². The molecule has 8 heteroatoms. The predicted molar refractivity (Wildman–Crippen MR) is 139 cm³/mol. The van der Waals surface area contributed by atoms with Crippen LogP contribution in [0.25, 0.3) is 5.69 Å². The summed E-state index contributed by atoms with van der Waals surface area (Å²) < 4.78 is 9.81. The maximum Gasteiger partial charge on any atom is 0.196 e. The zero-order valence-corrected chi connectivity index (χ0v) is 22.0. The average Bonchev–Trinajstić information content (AvgIpc) is 3.55. The first kappa shape index (κ1) is 24.1. The van der Waals surface area contributed by atoms with E-state index < -0.39 is 0 Å². The van der Waals surface area contributed by atoms with Gasteiger partial charge in [-0.1, -0.05) is 18.2 Å². The highest BCUT2D eigenvalue weighted by Crippen LogP contribution is 2.38. The van der Waals surface area contributed by atoms with Gasteiger partial charge in [-0.15, -0.1) is 10.2 Å². The van der Waals surface area contributed by atoms with Crippen LogP contribution >= 0.6 is 11.8 Å². The molecule has 0 amide bonds. The van der Waals surface area contributed by atoms with Crippen molar-refractivity contribution in [1.29, 1.82) is 0 Å². The van der Waals surface area contributed by atoms with Crippen molar-refractivity contribution < 1.29 is 9.53 Å². The molecule has 1 aromatic carbocycles. The Bertz CT molecular complexity index is 1190. The lowest BCUT2D eigenvalue weighted by Gasteiger charge is -2.31. The van der Waals surface area contributed by atoms with E-state index in [-0.39, 0.29) is 11.8 Å². The molecule has 1 saturated carbocycles. The van der Waals surface area contributed by atoms with Gasteiger partial charge in [0.15, 0.2) is 16.8 Å². The number of rotatable bonds is 9. The molecule has 0 bridgehead atoms. The van der Waals surface area contributed by atoms with Crippen LogP contribution in [0.5, 0.6) is 5.75 Å². The molecule has 2 fully saturated rings. The number of aryl methyl sites for hydroxylation is 1. The molecule has 0 unspecified atom stereocenters. The molecule has 2 aromatic heterocycles. The summed E-state index contributed by atoms with van der Waals surface area (Å²) in [6, 6.07) is 10.7. The number of ketones is 1. The van der Waals surface area contributed by atoms with Crippen molar-refractivity contribution in [3.05, 3.63) is 53.1 Å². The Morgan fingerprint density at radius 2 is 1.83 bits per heavy atom. The van der Waals surface area contributed by atoms with E-state index in [9.17, 15) is 4.79 Å². The fourth-order valence-electron chi connectivity index (χ4n) is 5.25. The zero-order chi connectivity index (χ0) is 24.5. The Hall–Kier alpha value is -2.58. The van der Waals surface area contributed by atoms with Gasteiger partial charge in [-0.25, -0.2) is 0 Å². The van der Waals surface area contributed by atoms with Gasteiger partial charge in [0.1, 0.15) is 5.75 Å². The molecule has 1 aliphatic carbocycles. The number of aromatic nitrogens is 4. The van der Waals surface area contributed by atoms with Crippen LogP contribution in [-0.2, 0) is 0 Å². The Labute approximate surface area is 211 Å². The first-order chi connectivity index (χ1) is 17.0. The number of methoxy groups -OCH3 is 1. The van der Waals surface area contributed by atoms with Gasteiger partial charge in [-0.2, -0.15) is 0 Å². The van der Waals surface area contributed by atoms with Crippen LogP contribution in [0.15, 0.2) is 35.5 Å². The van der Waals surface area contributed by atoms with Crippen molar-refractivity contribution >= 4 is 17.5 Å². The van der Waals surface area contributed by atoms with E-state index in [0.29, 0.717) is 11.8 Å². The van der Waals surface area contributed by atoms with Crippen molar-refractivity contribution in [2.24, 2.45) is 0 Å². The second kappa shape index (κ2) is 10.2. The van der Waals surface area contributed by atoms with Crippen molar-refractivity contribution in [2.75, 3.05) is 26.0 Å². The number of Topliss-reactive ketones (excluding diaryl/α,β-unsaturated/α-hetero) is 1. The maximum atomic E-state index is 13.3. The number of nitrogens with zero attached hydrogens (tertiary/aromatic N) is 5. The Morgan fingerprint density at radius 3 is 2.49 bits per heavy atom. The summed E-state index contributed by atoms with van der Waals surface area (Å²) in [5.41, 5.74) is 4.08. The highest BCUT2D eigenvalue weighted by molar-refractivity contribution is 7.99. The Kier molecular flexibility index (Phi) is 7.02. The predicted octanol–water partition coefficient (Wildman–Crippen LogP) is 5.55. The van der Waals surface area contributed by atoms with Crippen molar-refractivity contribution in [3.63, 3.8) is 0 Å². The molecular weight excluding hydrogens is 458 g/mol. The summed E-state index contributed by atoms with van der Waals surface area (Å²) in [5, 5.41) is 9.94. The smallest absolute Gasteiger partial charge is 0.196 e. The number of thioether (sulfide) groups is 1. The van der Waals surface area contributed by atoms with Crippen LogP contribution < -0.4 is 4.74 Å². The lowest BCUT2D eigenvalue weighted by Crippen LogP contribution is -2.33. The van der Waals surface area contributed by atoms with Crippen LogP contribution in [-0.4, -0.2) is 56.0 Å². The number of ether oxygens (including phenoxy) is 1. The van der Waals surface area contributed by atoms with Gasteiger partial charge in [0.05, 0.1) is 18.9 Å². The number of likely N-dealkylation sites (tertiary alicyclic amines) is 1. The van der Waals surface area contributed by atoms with Crippen LogP contribution in [0, 0.1) is 13.8 Å². The molecule has 186 valence electrons. The highest BCUT2D eigenvalue weighted by Gasteiger charge is 2.29. The molecule has 1 aliphatic heterocycles. The molecule has 0 radical (unpaired) electrons. The molecule has 1 atom stereocenters. The number of piperidine rings is 1. The van der Waals surface area contributed by atoms with Crippen LogP contribution in [0.3, 0.4) is 0 Å². The summed E-state index contributed by atoms with van der Waals surface area (Å²) in [4.78, 5) is 15.7. The summed E-state index contributed by atoms with van der Waals surface area (Å²) >= 11 is 1.47. The molecule has 35 heavy (non-hydrogen) atoms. The Balaban J connectivity index is 1.41. The van der Waals surface area contributed by atoms with E-state index in [0.717, 1.165) is 46.8 Å². The molecule has 7 nitrogen and oxygen atoms in total. The molecule has 2 aliphatic rings. The average molecular weight is 494 g/mol. The molecule has 0 spiro atoms. The lowest BCUT2D eigenvalue weighted by atomic mass is 10.1. The quantitative estimate of drug-likeness (QED) is 0.288. The topological polar surface area (TPSA) is 65.2 Å².